The minimum absolute atomic E-state index is 0. The molecule has 6 nitrogen and oxygen atoms in total. The Labute approximate surface area is 154 Å². The Morgan fingerprint density at radius 2 is 1.96 bits per heavy atom. The molecule has 136 valence electrons. The van der Waals surface area contributed by atoms with Gasteiger partial charge >= 0.3 is 0 Å². The van der Waals surface area contributed by atoms with Gasteiger partial charge in [0.1, 0.15) is 0 Å². The SMILES string of the molecule is CNCCC1CCN(C(=O)c2nn(-c3ccccc3)cc2O)CC1.Cl. The number of halogens is 1. The largest absolute Gasteiger partial charge is 0.504 e. The number of hydrogen-bond donors (Lipinski definition) is 2. The van der Waals surface area contributed by atoms with Crippen LogP contribution in [0.1, 0.15) is 29.8 Å². The highest BCUT2D eigenvalue weighted by Gasteiger charge is 2.27. The van der Waals surface area contributed by atoms with E-state index in [2.05, 4.69) is 10.4 Å². The van der Waals surface area contributed by atoms with Crippen LogP contribution in [0.2, 0.25) is 0 Å². The summed E-state index contributed by atoms with van der Waals surface area (Å²) in [4.78, 5) is 14.5. The van der Waals surface area contributed by atoms with Gasteiger partial charge in [-0.2, -0.15) is 5.10 Å². The molecular weight excluding hydrogens is 340 g/mol. The minimum Gasteiger partial charge on any atom is -0.504 e. The van der Waals surface area contributed by atoms with Crippen molar-refractivity contribution in [3.05, 3.63) is 42.2 Å². The van der Waals surface area contributed by atoms with Crippen molar-refractivity contribution < 1.29 is 9.90 Å². The van der Waals surface area contributed by atoms with Crippen molar-refractivity contribution >= 4 is 18.3 Å². The van der Waals surface area contributed by atoms with Gasteiger partial charge in [-0.05, 0) is 50.9 Å². The first-order valence-electron chi connectivity index (χ1n) is 8.47. The molecule has 3 rings (SSSR count). The number of rotatable bonds is 5. The van der Waals surface area contributed by atoms with E-state index in [0.29, 0.717) is 5.92 Å². The van der Waals surface area contributed by atoms with Crippen molar-refractivity contribution in [3.63, 3.8) is 0 Å². The molecular formula is C18H25ClN4O2. The predicted octanol–water partition coefficient (Wildman–Crippen LogP) is 2.46. The van der Waals surface area contributed by atoms with E-state index in [4.69, 9.17) is 0 Å². The van der Waals surface area contributed by atoms with E-state index in [9.17, 15) is 9.90 Å². The van der Waals surface area contributed by atoms with E-state index in [-0.39, 0.29) is 29.8 Å². The Balaban J connectivity index is 0.00000225. The molecule has 2 aromatic rings. The van der Waals surface area contributed by atoms with Gasteiger partial charge in [-0.15, -0.1) is 12.4 Å². The number of aromatic hydroxyl groups is 1. The maximum absolute atomic E-state index is 12.7. The Kier molecular flexibility index (Phi) is 6.84. The average Bonchev–Trinajstić information content (AvgIpc) is 3.02. The van der Waals surface area contributed by atoms with Crippen LogP contribution in [0.3, 0.4) is 0 Å². The number of para-hydroxylation sites is 1. The molecule has 1 saturated heterocycles. The van der Waals surface area contributed by atoms with Gasteiger partial charge in [0.05, 0.1) is 11.9 Å². The lowest BCUT2D eigenvalue weighted by Crippen LogP contribution is -2.39. The molecule has 1 fully saturated rings. The molecule has 1 amide bonds. The fourth-order valence-corrected chi connectivity index (χ4v) is 3.15. The lowest BCUT2D eigenvalue weighted by molar-refractivity contribution is 0.0677. The topological polar surface area (TPSA) is 70.4 Å². The summed E-state index contributed by atoms with van der Waals surface area (Å²) in [6.45, 7) is 2.47. The maximum Gasteiger partial charge on any atom is 0.278 e. The lowest BCUT2D eigenvalue weighted by Gasteiger charge is -2.31. The molecule has 0 aliphatic carbocycles. The zero-order chi connectivity index (χ0) is 16.9. The van der Waals surface area contributed by atoms with Crippen LogP contribution in [0.15, 0.2) is 36.5 Å². The first-order chi connectivity index (χ1) is 11.7. The van der Waals surface area contributed by atoms with Crippen LogP contribution in [0.4, 0.5) is 0 Å². The monoisotopic (exact) mass is 364 g/mol. The quantitative estimate of drug-likeness (QED) is 0.855. The third-order valence-corrected chi connectivity index (χ3v) is 4.62. The van der Waals surface area contributed by atoms with Gasteiger partial charge in [0.15, 0.2) is 11.4 Å². The third-order valence-electron chi connectivity index (χ3n) is 4.62. The molecule has 1 aromatic heterocycles. The summed E-state index contributed by atoms with van der Waals surface area (Å²) in [5, 5.41) is 17.6. The van der Waals surface area contributed by atoms with Crippen molar-refractivity contribution in [1.29, 1.82) is 0 Å². The van der Waals surface area contributed by atoms with E-state index in [1.165, 1.54) is 6.20 Å². The summed E-state index contributed by atoms with van der Waals surface area (Å²) in [6.07, 6.45) is 4.65. The summed E-state index contributed by atoms with van der Waals surface area (Å²) in [5.41, 5.74) is 0.949. The van der Waals surface area contributed by atoms with E-state index in [1.54, 1.807) is 9.58 Å². The molecule has 0 saturated carbocycles. The Bertz CT molecular complexity index is 682. The van der Waals surface area contributed by atoms with Crippen LogP contribution >= 0.6 is 12.4 Å². The Morgan fingerprint density at radius 3 is 2.60 bits per heavy atom. The molecule has 1 aliphatic heterocycles. The summed E-state index contributed by atoms with van der Waals surface area (Å²) >= 11 is 0. The predicted molar refractivity (Wildman–Crippen MR) is 99.6 cm³/mol. The number of likely N-dealkylation sites (tertiary alicyclic amines) is 1. The van der Waals surface area contributed by atoms with Crippen molar-refractivity contribution in [3.8, 4) is 11.4 Å². The number of carbonyl (C=O) groups is 1. The first kappa shape index (κ1) is 19.3. The van der Waals surface area contributed by atoms with Crippen LogP contribution in [-0.2, 0) is 0 Å². The molecule has 2 N–H and O–H groups in total. The van der Waals surface area contributed by atoms with Gasteiger partial charge in [-0.1, -0.05) is 18.2 Å². The second-order valence-corrected chi connectivity index (χ2v) is 6.27. The van der Waals surface area contributed by atoms with Gasteiger partial charge in [0.25, 0.3) is 5.91 Å². The van der Waals surface area contributed by atoms with Crippen LogP contribution in [0, 0.1) is 5.92 Å². The summed E-state index contributed by atoms with van der Waals surface area (Å²) < 4.78 is 1.54. The minimum atomic E-state index is -0.186. The van der Waals surface area contributed by atoms with Crippen molar-refractivity contribution in [1.82, 2.24) is 20.0 Å². The number of carbonyl (C=O) groups excluding carboxylic acids is 1. The van der Waals surface area contributed by atoms with Gasteiger partial charge in [0.2, 0.25) is 0 Å². The number of hydrogen-bond acceptors (Lipinski definition) is 4. The van der Waals surface area contributed by atoms with Gasteiger partial charge in [-0.25, -0.2) is 4.68 Å². The molecule has 1 aromatic carbocycles. The summed E-state index contributed by atoms with van der Waals surface area (Å²) in [7, 11) is 1.96. The molecule has 0 radical (unpaired) electrons. The first-order valence-corrected chi connectivity index (χ1v) is 8.47. The Morgan fingerprint density at radius 1 is 1.28 bits per heavy atom. The van der Waals surface area contributed by atoms with E-state index >= 15 is 0 Å². The fraction of sp³-hybridized carbons (Fsp3) is 0.444. The second kappa shape index (κ2) is 8.87. The van der Waals surface area contributed by atoms with Crippen LogP contribution < -0.4 is 5.32 Å². The molecule has 0 unspecified atom stereocenters. The summed E-state index contributed by atoms with van der Waals surface area (Å²) in [6, 6.07) is 9.47. The zero-order valence-corrected chi connectivity index (χ0v) is 15.2. The molecule has 25 heavy (non-hydrogen) atoms. The highest BCUT2D eigenvalue weighted by Crippen LogP contribution is 2.24. The van der Waals surface area contributed by atoms with Gasteiger partial charge in [0, 0.05) is 13.1 Å². The lowest BCUT2D eigenvalue weighted by atomic mass is 9.93. The second-order valence-electron chi connectivity index (χ2n) is 6.27. The number of aromatic nitrogens is 2. The third kappa shape index (κ3) is 4.52. The smallest absolute Gasteiger partial charge is 0.278 e. The molecule has 2 heterocycles. The maximum atomic E-state index is 12.7. The number of piperidine rings is 1. The normalized spacial score (nSPS) is 15.0. The van der Waals surface area contributed by atoms with Crippen LogP contribution in [0.5, 0.6) is 5.75 Å². The zero-order valence-electron chi connectivity index (χ0n) is 14.4. The Hall–Kier alpha value is -2.05. The van der Waals surface area contributed by atoms with Gasteiger partial charge < -0.3 is 15.3 Å². The number of benzene rings is 1. The molecule has 1 aliphatic rings. The molecule has 0 bridgehead atoms. The van der Waals surface area contributed by atoms with Crippen molar-refractivity contribution in [2.24, 2.45) is 5.92 Å². The van der Waals surface area contributed by atoms with E-state index in [0.717, 1.165) is 44.6 Å². The van der Waals surface area contributed by atoms with E-state index in [1.807, 2.05) is 37.4 Å². The van der Waals surface area contributed by atoms with Crippen molar-refractivity contribution in [2.45, 2.75) is 19.3 Å². The highest BCUT2D eigenvalue weighted by atomic mass is 35.5. The average molecular weight is 365 g/mol. The van der Waals surface area contributed by atoms with Crippen LogP contribution in [-0.4, -0.2) is 52.4 Å². The summed E-state index contributed by atoms with van der Waals surface area (Å²) in [5.74, 6) is 0.410. The van der Waals surface area contributed by atoms with Crippen molar-refractivity contribution in [2.75, 3.05) is 26.7 Å². The number of nitrogens with zero attached hydrogens (tertiary/aromatic N) is 3. The van der Waals surface area contributed by atoms with E-state index < -0.39 is 0 Å². The fourth-order valence-electron chi connectivity index (χ4n) is 3.15. The molecule has 0 spiro atoms. The highest BCUT2D eigenvalue weighted by molar-refractivity contribution is 5.94. The standard InChI is InChI=1S/C18H24N4O2.ClH/c1-19-10-7-14-8-11-21(12-9-14)18(24)17-16(23)13-22(20-17)15-5-3-2-4-6-15;/h2-6,13-14,19,23H,7-12H2,1H3;1H. The van der Waals surface area contributed by atoms with Crippen LogP contribution in [0.25, 0.3) is 5.69 Å². The number of nitrogens with one attached hydrogen (secondary N) is 1. The number of amides is 1. The van der Waals surface area contributed by atoms with Gasteiger partial charge in [-0.3, -0.25) is 4.79 Å². The molecule has 7 heteroatoms. The molecule has 0 atom stereocenters.